The lowest BCUT2D eigenvalue weighted by atomic mass is 9.92. The van der Waals surface area contributed by atoms with E-state index in [2.05, 4.69) is 20.9 Å². The van der Waals surface area contributed by atoms with Crippen molar-refractivity contribution in [2.45, 2.75) is 12.5 Å². The number of benzene rings is 1. The molecule has 8 nitrogen and oxygen atoms in total. The summed E-state index contributed by atoms with van der Waals surface area (Å²) in [4.78, 5) is 39.9. The second kappa shape index (κ2) is 6.23. The number of amides is 4. The monoisotopic (exact) mass is 340 g/mol. The maximum absolute atomic E-state index is 12.4. The van der Waals surface area contributed by atoms with Crippen molar-refractivity contribution in [2.24, 2.45) is 0 Å². The zero-order valence-corrected chi connectivity index (χ0v) is 13.6. The number of nitrogens with one attached hydrogen (secondary N) is 3. The van der Waals surface area contributed by atoms with E-state index in [1.54, 1.807) is 43.3 Å². The topological polar surface area (TPSA) is 109 Å². The number of anilines is 1. The van der Waals surface area contributed by atoms with Gasteiger partial charge in [0.15, 0.2) is 0 Å². The Morgan fingerprint density at radius 1 is 1.24 bits per heavy atom. The van der Waals surface area contributed by atoms with E-state index in [1.807, 2.05) is 0 Å². The number of hydrogen-bond acceptors (Lipinski definition) is 5. The van der Waals surface area contributed by atoms with Gasteiger partial charge in [-0.25, -0.2) is 9.78 Å². The van der Waals surface area contributed by atoms with Gasteiger partial charge in [-0.3, -0.25) is 14.9 Å². The lowest BCUT2D eigenvalue weighted by Gasteiger charge is -2.21. The molecule has 3 rings (SSSR count). The molecule has 0 bridgehead atoms. The molecule has 3 N–H and O–H groups in total. The Balaban J connectivity index is 1.86. The second-order valence-corrected chi connectivity index (χ2v) is 5.63. The van der Waals surface area contributed by atoms with Crippen LogP contribution in [0.4, 0.5) is 10.5 Å². The molecule has 1 aromatic heterocycles. The van der Waals surface area contributed by atoms with Gasteiger partial charge in [0.25, 0.3) is 11.8 Å². The molecule has 128 valence electrons. The van der Waals surface area contributed by atoms with Gasteiger partial charge in [0.2, 0.25) is 5.88 Å². The van der Waals surface area contributed by atoms with Crippen molar-refractivity contribution in [3.63, 3.8) is 0 Å². The minimum Gasteiger partial charge on any atom is -0.480 e. The molecular weight excluding hydrogens is 324 g/mol. The highest BCUT2D eigenvalue weighted by atomic mass is 16.5. The fourth-order valence-corrected chi connectivity index (χ4v) is 2.58. The molecule has 1 fully saturated rings. The number of carbonyl (C=O) groups excluding carboxylic acids is 3. The average molecular weight is 340 g/mol. The maximum atomic E-state index is 12.4. The fraction of sp³-hybridized carbons (Fsp3) is 0.176. The highest BCUT2D eigenvalue weighted by Gasteiger charge is 2.43. The largest absolute Gasteiger partial charge is 0.480 e. The molecule has 0 spiro atoms. The third-order valence-corrected chi connectivity index (χ3v) is 3.95. The van der Waals surface area contributed by atoms with E-state index in [4.69, 9.17) is 4.74 Å². The molecule has 1 saturated heterocycles. The lowest BCUT2D eigenvalue weighted by molar-refractivity contribution is -0.123. The van der Waals surface area contributed by atoms with Crippen LogP contribution in [0.25, 0.3) is 0 Å². The molecule has 1 atom stereocenters. The van der Waals surface area contributed by atoms with Gasteiger partial charge in [-0.15, -0.1) is 0 Å². The van der Waals surface area contributed by atoms with E-state index in [-0.39, 0.29) is 11.4 Å². The number of carbonyl (C=O) groups is 3. The van der Waals surface area contributed by atoms with Crippen molar-refractivity contribution in [3.05, 3.63) is 53.7 Å². The van der Waals surface area contributed by atoms with Gasteiger partial charge in [0.05, 0.1) is 7.11 Å². The molecule has 1 aliphatic rings. The van der Waals surface area contributed by atoms with Gasteiger partial charge >= 0.3 is 6.03 Å². The zero-order chi connectivity index (χ0) is 18.0. The first-order valence-corrected chi connectivity index (χ1v) is 7.48. The van der Waals surface area contributed by atoms with Crippen molar-refractivity contribution in [1.82, 2.24) is 15.6 Å². The molecule has 0 saturated carbocycles. The number of rotatable bonds is 4. The number of ether oxygens (including phenoxy) is 1. The first-order chi connectivity index (χ1) is 11.9. The Morgan fingerprint density at radius 2 is 2.04 bits per heavy atom. The number of urea groups is 1. The molecular formula is C17H16N4O4. The Labute approximate surface area is 143 Å². The molecule has 4 amide bonds. The van der Waals surface area contributed by atoms with Crippen LogP contribution in [0.3, 0.4) is 0 Å². The summed E-state index contributed by atoms with van der Waals surface area (Å²) in [7, 11) is 1.43. The average Bonchev–Trinajstić information content (AvgIpc) is 2.88. The smallest absolute Gasteiger partial charge is 0.322 e. The van der Waals surface area contributed by atoms with E-state index in [0.717, 1.165) is 0 Å². The summed E-state index contributed by atoms with van der Waals surface area (Å²) in [5, 5.41) is 7.53. The Hall–Kier alpha value is -3.42. The summed E-state index contributed by atoms with van der Waals surface area (Å²) in [6.07, 6.45) is 1.53. The van der Waals surface area contributed by atoms with Crippen LogP contribution in [0.15, 0.2) is 42.6 Å². The third-order valence-electron chi connectivity index (χ3n) is 3.95. The Morgan fingerprint density at radius 3 is 2.72 bits per heavy atom. The summed E-state index contributed by atoms with van der Waals surface area (Å²) in [5.74, 6) is -0.632. The van der Waals surface area contributed by atoms with Crippen LogP contribution in [-0.4, -0.2) is 29.9 Å². The molecule has 0 radical (unpaired) electrons. The van der Waals surface area contributed by atoms with Gasteiger partial charge in [0, 0.05) is 11.9 Å². The summed E-state index contributed by atoms with van der Waals surface area (Å²) in [5.41, 5.74) is 0.119. The van der Waals surface area contributed by atoms with E-state index in [0.29, 0.717) is 11.3 Å². The van der Waals surface area contributed by atoms with Gasteiger partial charge in [-0.05, 0) is 36.8 Å². The number of imide groups is 1. The highest BCUT2D eigenvalue weighted by molar-refractivity contribution is 6.08. The lowest BCUT2D eigenvalue weighted by Crippen LogP contribution is -2.40. The molecule has 2 aromatic rings. The van der Waals surface area contributed by atoms with Gasteiger partial charge in [-0.2, -0.15) is 0 Å². The van der Waals surface area contributed by atoms with Crippen molar-refractivity contribution in [2.75, 3.05) is 12.4 Å². The molecule has 25 heavy (non-hydrogen) atoms. The van der Waals surface area contributed by atoms with Gasteiger partial charge < -0.3 is 15.4 Å². The van der Waals surface area contributed by atoms with Crippen molar-refractivity contribution in [3.8, 4) is 5.88 Å². The summed E-state index contributed by atoms with van der Waals surface area (Å²) in [6, 6.07) is 9.38. The van der Waals surface area contributed by atoms with Crippen LogP contribution in [0.2, 0.25) is 0 Å². The maximum Gasteiger partial charge on any atom is 0.322 e. The van der Waals surface area contributed by atoms with Crippen LogP contribution in [0.1, 0.15) is 22.8 Å². The van der Waals surface area contributed by atoms with Crippen LogP contribution in [-0.2, 0) is 10.3 Å². The predicted molar refractivity (Wildman–Crippen MR) is 89.2 cm³/mol. The molecule has 2 heterocycles. The number of nitrogens with zero attached hydrogens (tertiary/aromatic N) is 1. The first kappa shape index (κ1) is 16.4. The quantitative estimate of drug-likeness (QED) is 0.729. The van der Waals surface area contributed by atoms with Crippen molar-refractivity contribution < 1.29 is 19.1 Å². The number of pyridine rings is 1. The normalized spacial score (nSPS) is 19.1. The third kappa shape index (κ3) is 3.01. The number of aromatic nitrogens is 1. The molecule has 8 heteroatoms. The summed E-state index contributed by atoms with van der Waals surface area (Å²) >= 11 is 0. The predicted octanol–water partition coefficient (Wildman–Crippen LogP) is 1.40. The van der Waals surface area contributed by atoms with Gasteiger partial charge in [0.1, 0.15) is 11.1 Å². The summed E-state index contributed by atoms with van der Waals surface area (Å²) < 4.78 is 5.08. The Bertz CT molecular complexity index is 867. The van der Waals surface area contributed by atoms with E-state index >= 15 is 0 Å². The number of methoxy groups -OCH3 is 1. The second-order valence-electron chi connectivity index (χ2n) is 5.63. The molecule has 0 unspecified atom stereocenters. The first-order valence-electron chi connectivity index (χ1n) is 7.48. The van der Waals surface area contributed by atoms with E-state index < -0.39 is 23.4 Å². The van der Waals surface area contributed by atoms with E-state index in [9.17, 15) is 14.4 Å². The summed E-state index contributed by atoms with van der Waals surface area (Å²) in [6.45, 7) is 1.60. The number of hydrogen-bond donors (Lipinski definition) is 3. The van der Waals surface area contributed by atoms with E-state index in [1.165, 1.54) is 13.3 Å². The standard InChI is InChI=1S/C17H16N4O4/c1-17(15(23)20-16(24)21-17)10-5-3-6-11(9-10)19-13(22)12-7-4-8-18-14(12)25-2/h3-9H,1-2H3,(H,19,22)(H2,20,21,23,24)/t17-/m0/s1. The minimum absolute atomic E-state index is 0.213. The van der Waals surface area contributed by atoms with Crippen LogP contribution in [0.5, 0.6) is 5.88 Å². The minimum atomic E-state index is -1.19. The zero-order valence-electron chi connectivity index (χ0n) is 13.6. The van der Waals surface area contributed by atoms with Crippen molar-refractivity contribution >= 4 is 23.5 Å². The van der Waals surface area contributed by atoms with Crippen LogP contribution >= 0.6 is 0 Å². The highest BCUT2D eigenvalue weighted by Crippen LogP contribution is 2.27. The Kier molecular flexibility index (Phi) is 4.10. The SMILES string of the molecule is COc1ncccc1C(=O)Nc1cccc([C@]2(C)NC(=O)NC2=O)c1. The van der Waals surface area contributed by atoms with Gasteiger partial charge in [-0.1, -0.05) is 12.1 Å². The molecule has 1 aliphatic heterocycles. The fourth-order valence-electron chi connectivity index (χ4n) is 2.58. The van der Waals surface area contributed by atoms with Crippen molar-refractivity contribution in [1.29, 1.82) is 0 Å². The molecule has 0 aliphatic carbocycles. The van der Waals surface area contributed by atoms with Crippen LogP contribution < -0.4 is 20.7 Å². The molecule has 1 aromatic carbocycles. The van der Waals surface area contributed by atoms with Crippen LogP contribution in [0, 0.1) is 0 Å².